The van der Waals surface area contributed by atoms with Crippen molar-refractivity contribution in [3.63, 3.8) is 0 Å². The third-order valence-electron chi connectivity index (χ3n) is 8.24. The Kier molecular flexibility index (Phi) is 13.1. The third-order valence-corrected chi connectivity index (χ3v) is 8.24. The lowest BCUT2D eigenvalue weighted by Crippen LogP contribution is -2.41. The highest BCUT2D eigenvalue weighted by atomic mass is 16.5. The summed E-state index contributed by atoms with van der Waals surface area (Å²) in [7, 11) is 0. The van der Waals surface area contributed by atoms with E-state index < -0.39 is 11.5 Å². The molecule has 1 saturated heterocycles. The average molecular weight is 689 g/mol. The number of ether oxygens (including phenoxy) is 1. The predicted molar refractivity (Wildman–Crippen MR) is 193 cm³/mol. The van der Waals surface area contributed by atoms with Crippen molar-refractivity contribution in [1.29, 1.82) is 5.41 Å². The van der Waals surface area contributed by atoms with Crippen LogP contribution >= 0.6 is 0 Å². The smallest absolute Gasteiger partial charge is 0.294 e. The van der Waals surface area contributed by atoms with Gasteiger partial charge in [0.2, 0.25) is 5.91 Å². The molecular weight excluding hydrogens is 640 g/mol. The second-order valence-electron chi connectivity index (χ2n) is 12.6. The maximum Gasteiger partial charge on any atom is 0.294 e. The molecule has 3 aromatic rings. The van der Waals surface area contributed by atoms with Crippen LogP contribution in [0.2, 0.25) is 0 Å². The number of amides is 3. The van der Waals surface area contributed by atoms with Crippen LogP contribution < -0.4 is 38.3 Å². The highest BCUT2D eigenvalue weighted by molar-refractivity contribution is 6.01. The summed E-state index contributed by atoms with van der Waals surface area (Å²) in [5.74, 6) is -1.32. The van der Waals surface area contributed by atoms with Crippen molar-refractivity contribution < 1.29 is 19.1 Å². The molecule has 3 amide bonds. The molecule has 50 heavy (non-hydrogen) atoms. The van der Waals surface area contributed by atoms with Gasteiger partial charge in [0.1, 0.15) is 12.4 Å². The number of anilines is 2. The Morgan fingerprint density at radius 3 is 2.44 bits per heavy atom. The zero-order valence-electron chi connectivity index (χ0n) is 29.1. The predicted octanol–water partition coefficient (Wildman–Crippen LogP) is 1.50. The third kappa shape index (κ3) is 10.1. The lowest BCUT2D eigenvalue weighted by molar-refractivity contribution is -0.121. The molecule has 2 aromatic carbocycles. The molecule has 1 aliphatic heterocycles. The van der Waals surface area contributed by atoms with Gasteiger partial charge in [0.05, 0.1) is 25.1 Å². The topological polar surface area (TPSA) is 223 Å². The zero-order chi connectivity index (χ0) is 36.4. The largest absolute Gasteiger partial charge is 0.399 e. The molecule has 0 spiro atoms. The highest BCUT2D eigenvalue weighted by Gasteiger charge is 2.20. The van der Waals surface area contributed by atoms with Crippen molar-refractivity contribution in [1.82, 2.24) is 30.4 Å². The summed E-state index contributed by atoms with van der Waals surface area (Å²) in [5.41, 5.74) is 13.8. The molecule has 0 unspecified atom stereocenters. The highest BCUT2D eigenvalue weighted by Crippen LogP contribution is 2.24. The van der Waals surface area contributed by atoms with Crippen molar-refractivity contribution in [2.24, 2.45) is 5.73 Å². The SMILES string of the molecule is CC[C@@H](C)NC(=O)c1cc(N)cc(-c2cnc(NC(C)C)c(=O)n2CC(=O)NCc2ccc(C(=N)N)cc2C(=O)NCCN2CCOCC2)c1. The summed E-state index contributed by atoms with van der Waals surface area (Å²) in [6.45, 7) is 11.1. The number of carbonyl (C=O) groups is 3. The van der Waals surface area contributed by atoms with E-state index in [0.29, 0.717) is 54.2 Å². The number of aromatic nitrogens is 2. The molecular formula is C35H48N10O5. The summed E-state index contributed by atoms with van der Waals surface area (Å²) in [6.07, 6.45) is 2.20. The first-order valence-electron chi connectivity index (χ1n) is 16.8. The Morgan fingerprint density at radius 2 is 1.76 bits per heavy atom. The standard InChI is InChI=1S/C35H48N10O5/c1-5-22(4)43-33(47)26-14-25(15-27(36)16-26)29-19-41-32(42-21(2)3)35(49)45(29)20-30(46)40-18-24-7-6-23(31(37)38)17-28(24)34(48)39-8-9-44-10-12-50-13-11-44/h6-7,14-17,19,21-22H,5,8-13,18,20,36H2,1-4H3,(H3,37,38)(H,39,48)(H,40,46)(H,41,42)(H,43,47)/t22-/m1/s1. The molecule has 1 aromatic heterocycles. The number of hydrogen-bond donors (Lipinski definition) is 7. The molecule has 0 aliphatic carbocycles. The number of nitrogens with zero attached hydrogens (tertiary/aromatic N) is 3. The minimum atomic E-state index is -0.537. The van der Waals surface area contributed by atoms with Gasteiger partial charge in [-0.1, -0.05) is 19.1 Å². The van der Waals surface area contributed by atoms with Gasteiger partial charge in [-0.2, -0.15) is 0 Å². The van der Waals surface area contributed by atoms with E-state index in [9.17, 15) is 19.2 Å². The number of rotatable bonds is 15. The second kappa shape index (κ2) is 17.4. The van der Waals surface area contributed by atoms with E-state index in [0.717, 1.165) is 19.5 Å². The van der Waals surface area contributed by atoms with Crippen LogP contribution in [0.5, 0.6) is 0 Å². The number of amidine groups is 1. The van der Waals surface area contributed by atoms with E-state index in [2.05, 4.69) is 31.2 Å². The summed E-state index contributed by atoms with van der Waals surface area (Å²) in [6, 6.07) is 9.38. The monoisotopic (exact) mass is 688 g/mol. The zero-order valence-corrected chi connectivity index (χ0v) is 29.1. The van der Waals surface area contributed by atoms with Crippen molar-refractivity contribution in [2.75, 3.05) is 50.4 Å². The van der Waals surface area contributed by atoms with Crippen molar-refractivity contribution in [3.05, 3.63) is 75.2 Å². The summed E-state index contributed by atoms with van der Waals surface area (Å²) < 4.78 is 6.65. The van der Waals surface area contributed by atoms with Gasteiger partial charge in [-0.05, 0) is 57.0 Å². The number of morpholine rings is 1. The normalized spacial score (nSPS) is 13.8. The molecule has 268 valence electrons. The van der Waals surface area contributed by atoms with Gasteiger partial charge in [-0.3, -0.25) is 34.1 Å². The number of nitrogen functional groups attached to an aromatic ring is 2. The van der Waals surface area contributed by atoms with E-state index in [4.69, 9.17) is 21.6 Å². The van der Waals surface area contributed by atoms with Gasteiger partial charge >= 0.3 is 0 Å². The molecule has 15 heteroatoms. The molecule has 0 saturated carbocycles. The number of hydrogen-bond acceptors (Lipinski definition) is 10. The van der Waals surface area contributed by atoms with E-state index >= 15 is 0 Å². The van der Waals surface area contributed by atoms with Crippen LogP contribution in [0.4, 0.5) is 11.5 Å². The number of benzene rings is 2. The number of nitrogens with two attached hydrogens (primary N) is 2. The van der Waals surface area contributed by atoms with E-state index in [1.165, 1.54) is 16.8 Å². The van der Waals surface area contributed by atoms with Crippen molar-refractivity contribution >= 4 is 35.1 Å². The summed E-state index contributed by atoms with van der Waals surface area (Å²) >= 11 is 0. The quantitative estimate of drug-likeness (QED) is 0.0693. The van der Waals surface area contributed by atoms with Crippen LogP contribution in [-0.2, 0) is 22.6 Å². The lowest BCUT2D eigenvalue weighted by Gasteiger charge is -2.26. The van der Waals surface area contributed by atoms with Gasteiger partial charge in [0, 0.05) is 72.7 Å². The minimum Gasteiger partial charge on any atom is -0.399 e. The molecule has 0 bridgehead atoms. The Bertz CT molecular complexity index is 1770. The van der Waals surface area contributed by atoms with Crippen LogP contribution in [0.3, 0.4) is 0 Å². The molecule has 1 atom stereocenters. The molecule has 9 N–H and O–H groups in total. The van der Waals surface area contributed by atoms with E-state index in [1.54, 1.807) is 30.3 Å². The van der Waals surface area contributed by atoms with Gasteiger partial charge in [-0.15, -0.1) is 0 Å². The fraction of sp³-hybridized carbons (Fsp3) is 0.429. The van der Waals surface area contributed by atoms with Crippen molar-refractivity contribution in [2.45, 2.75) is 59.3 Å². The van der Waals surface area contributed by atoms with Crippen LogP contribution in [0.15, 0.2) is 47.4 Å². The van der Waals surface area contributed by atoms with Crippen LogP contribution in [0, 0.1) is 5.41 Å². The molecule has 0 radical (unpaired) electrons. The Balaban J connectivity index is 1.58. The molecule has 2 heterocycles. The first kappa shape index (κ1) is 37.5. The maximum atomic E-state index is 13.7. The lowest BCUT2D eigenvalue weighted by atomic mass is 10.0. The molecule has 15 nitrogen and oxygen atoms in total. The number of nitrogens with one attached hydrogen (secondary N) is 5. The second-order valence-corrected chi connectivity index (χ2v) is 12.6. The van der Waals surface area contributed by atoms with Crippen LogP contribution in [-0.4, -0.2) is 89.5 Å². The minimum absolute atomic E-state index is 0.0340. The Labute approximate surface area is 291 Å². The molecule has 1 aliphatic rings. The molecule has 1 fully saturated rings. The summed E-state index contributed by atoms with van der Waals surface area (Å²) in [4.78, 5) is 60.0. The first-order chi connectivity index (χ1) is 23.9. The van der Waals surface area contributed by atoms with Crippen LogP contribution in [0.25, 0.3) is 11.3 Å². The van der Waals surface area contributed by atoms with E-state index in [1.807, 2.05) is 27.7 Å². The Hall–Kier alpha value is -5.28. The molecule has 4 rings (SSSR count). The summed E-state index contributed by atoms with van der Waals surface area (Å²) in [5, 5.41) is 19.5. The average Bonchev–Trinajstić information content (AvgIpc) is 3.08. The van der Waals surface area contributed by atoms with Gasteiger partial charge in [0.25, 0.3) is 17.4 Å². The number of carbonyl (C=O) groups excluding carboxylic acids is 3. The van der Waals surface area contributed by atoms with Crippen molar-refractivity contribution in [3.8, 4) is 11.3 Å². The van der Waals surface area contributed by atoms with Gasteiger partial charge < -0.3 is 37.5 Å². The van der Waals surface area contributed by atoms with Gasteiger partial charge in [0.15, 0.2) is 5.82 Å². The Morgan fingerprint density at radius 1 is 1.02 bits per heavy atom. The van der Waals surface area contributed by atoms with Gasteiger partial charge in [-0.25, -0.2) is 4.98 Å². The fourth-order valence-electron chi connectivity index (χ4n) is 5.34. The first-order valence-corrected chi connectivity index (χ1v) is 16.8. The van der Waals surface area contributed by atoms with E-state index in [-0.39, 0.29) is 59.9 Å². The maximum absolute atomic E-state index is 13.7. The van der Waals surface area contributed by atoms with Crippen LogP contribution in [0.1, 0.15) is 66.0 Å². The fourth-order valence-corrected chi connectivity index (χ4v) is 5.34.